The summed E-state index contributed by atoms with van der Waals surface area (Å²) in [6.45, 7) is 10.3. The maximum Gasteiger partial charge on any atom is 0.280 e. The molecule has 0 spiro atoms. The van der Waals surface area contributed by atoms with Gasteiger partial charge in [0.15, 0.2) is 0 Å². The maximum atomic E-state index is 12.9. The van der Waals surface area contributed by atoms with Crippen molar-refractivity contribution < 1.29 is 13.2 Å². The molecule has 0 amide bonds. The van der Waals surface area contributed by atoms with Gasteiger partial charge in [0.1, 0.15) is 24.2 Å². The van der Waals surface area contributed by atoms with E-state index >= 15 is 0 Å². The first-order valence-electron chi connectivity index (χ1n) is 14.6. The molecule has 0 aromatic carbocycles. The van der Waals surface area contributed by atoms with Crippen LogP contribution in [0.3, 0.4) is 0 Å². The number of fused-ring (bicyclic) bond motifs is 5. The van der Waals surface area contributed by atoms with Gasteiger partial charge in [0.25, 0.3) is 10.2 Å². The first-order chi connectivity index (χ1) is 20.1. The molecule has 5 saturated heterocycles. The average molecular weight is 592 g/mol. The largest absolute Gasteiger partial charge is 0.491 e. The lowest BCUT2D eigenvalue weighted by molar-refractivity contribution is -0.0212. The Morgan fingerprint density at radius 2 is 1.86 bits per heavy atom. The number of rotatable bonds is 8. The van der Waals surface area contributed by atoms with Crippen LogP contribution >= 0.6 is 0 Å². The Morgan fingerprint density at radius 1 is 1.12 bits per heavy atom. The second kappa shape index (κ2) is 10.2. The van der Waals surface area contributed by atoms with Crippen molar-refractivity contribution in [2.24, 2.45) is 0 Å². The Bertz CT molecular complexity index is 1620. The lowest BCUT2D eigenvalue weighted by atomic mass is 9.89. The zero-order valence-electron chi connectivity index (χ0n) is 24.2. The number of anilines is 1. The fourth-order valence-corrected chi connectivity index (χ4v) is 8.97. The number of hydrogen-bond donors (Lipinski definition) is 2. The standard InChI is InChI=1S/C29H37N9O3S/c1-29(2,3)34-42(39,40)38-23-9-24(38)17-35(16-23)27-5-4-19(12-32-27)26-10-25(18-37-28(26)20(11-30)13-33-37)41-7-6-36-21-8-22(36)15-31-14-21/h4-5,10,12-13,18,21-24,31,34H,6-9,14-17H2,1-3H3. The Morgan fingerprint density at radius 3 is 2.50 bits per heavy atom. The van der Waals surface area contributed by atoms with E-state index in [4.69, 9.17) is 9.72 Å². The van der Waals surface area contributed by atoms with E-state index in [1.54, 1.807) is 15.0 Å². The molecule has 13 heteroatoms. The molecular weight excluding hydrogens is 554 g/mol. The number of pyridine rings is 2. The number of nitrogens with zero attached hydrogens (tertiary/aromatic N) is 7. The van der Waals surface area contributed by atoms with Gasteiger partial charge in [-0.05, 0) is 51.8 Å². The van der Waals surface area contributed by atoms with Crippen molar-refractivity contribution in [3.05, 3.63) is 42.4 Å². The predicted octanol–water partition coefficient (Wildman–Crippen LogP) is 1.59. The molecule has 3 aromatic heterocycles. The molecule has 2 N–H and O–H groups in total. The minimum absolute atomic E-state index is 0.0735. The third kappa shape index (κ3) is 4.91. The molecule has 0 saturated carbocycles. The SMILES string of the molecule is CC(C)(C)NS(=O)(=O)N1C2CC1CN(c1ccc(-c3cc(OCCN4C5CNCC4C5)cn4ncc(C#N)c34)cn1)C2. The minimum Gasteiger partial charge on any atom is -0.491 e. The monoisotopic (exact) mass is 591 g/mol. The highest BCUT2D eigenvalue weighted by Gasteiger charge is 2.51. The third-order valence-corrected chi connectivity index (χ3v) is 10.8. The molecule has 5 aliphatic rings. The van der Waals surface area contributed by atoms with Gasteiger partial charge in [-0.1, -0.05) is 0 Å². The van der Waals surface area contributed by atoms with Crippen molar-refractivity contribution in [3.63, 3.8) is 0 Å². The maximum absolute atomic E-state index is 12.9. The van der Waals surface area contributed by atoms with Crippen LogP contribution in [-0.4, -0.2) is 101 Å². The number of piperidine rings is 2. The van der Waals surface area contributed by atoms with Gasteiger partial charge < -0.3 is 15.0 Å². The topological polar surface area (TPSA) is 131 Å². The van der Waals surface area contributed by atoms with E-state index in [1.807, 2.05) is 51.4 Å². The van der Waals surface area contributed by atoms with E-state index < -0.39 is 15.7 Å². The highest BCUT2D eigenvalue weighted by molar-refractivity contribution is 7.87. The van der Waals surface area contributed by atoms with Crippen molar-refractivity contribution in [2.75, 3.05) is 44.2 Å². The summed E-state index contributed by atoms with van der Waals surface area (Å²) in [5.74, 6) is 1.50. The second-order valence-corrected chi connectivity index (χ2v) is 14.5. The molecule has 0 aliphatic carbocycles. The van der Waals surface area contributed by atoms with Crippen molar-refractivity contribution in [3.8, 4) is 22.9 Å². The van der Waals surface area contributed by atoms with Crippen LogP contribution in [0.1, 0.15) is 39.2 Å². The van der Waals surface area contributed by atoms with E-state index in [-0.39, 0.29) is 12.1 Å². The van der Waals surface area contributed by atoms with Gasteiger partial charge in [-0.3, -0.25) is 4.90 Å². The summed E-state index contributed by atoms with van der Waals surface area (Å²) in [7, 11) is -3.54. The van der Waals surface area contributed by atoms with Crippen molar-refractivity contribution >= 4 is 21.5 Å². The van der Waals surface area contributed by atoms with Crippen LogP contribution in [0.5, 0.6) is 5.75 Å². The van der Waals surface area contributed by atoms with Crippen LogP contribution in [-0.2, 0) is 10.2 Å². The Balaban J connectivity index is 1.07. The number of aromatic nitrogens is 3. The van der Waals surface area contributed by atoms with Crippen LogP contribution in [0, 0.1) is 11.3 Å². The molecule has 0 radical (unpaired) electrons. The van der Waals surface area contributed by atoms with Crippen molar-refractivity contribution in [2.45, 2.75) is 63.3 Å². The van der Waals surface area contributed by atoms with Crippen molar-refractivity contribution in [1.82, 2.24) is 33.8 Å². The first kappa shape index (κ1) is 27.5. The fourth-order valence-electron chi connectivity index (χ4n) is 7.00. The minimum atomic E-state index is -3.54. The second-order valence-electron chi connectivity index (χ2n) is 12.9. The Kier molecular flexibility index (Phi) is 6.67. The fraction of sp³-hybridized carbons (Fsp3) is 0.552. The molecule has 8 heterocycles. The number of nitrogens with one attached hydrogen (secondary N) is 2. The molecule has 8 rings (SSSR count). The molecule has 4 bridgehead atoms. The molecule has 222 valence electrons. The highest BCUT2D eigenvalue weighted by atomic mass is 32.2. The van der Waals surface area contributed by atoms with E-state index in [1.165, 1.54) is 6.42 Å². The van der Waals surface area contributed by atoms with Crippen LogP contribution in [0.2, 0.25) is 0 Å². The first-order valence-corrected chi connectivity index (χ1v) is 16.1. The summed E-state index contributed by atoms with van der Waals surface area (Å²) < 4.78 is 38.2. The van der Waals surface area contributed by atoms with Crippen molar-refractivity contribution in [1.29, 1.82) is 5.26 Å². The number of hydrogen-bond acceptors (Lipinski definition) is 9. The number of piperazine rings is 2. The van der Waals surface area contributed by atoms with E-state index in [9.17, 15) is 13.7 Å². The zero-order chi connectivity index (χ0) is 29.2. The van der Waals surface area contributed by atoms with Gasteiger partial charge in [-0.25, -0.2) is 9.50 Å². The third-order valence-electron chi connectivity index (χ3n) is 8.79. The van der Waals surface area contributed by atoms with E-state index in [0.717, 1.165) is 43.0 Å². The van der Waals surface area contributed by atoms with Gasteiger partial charge in [0.05, 0.1) is 23.5 Å². The molecular formula is C29H37N9O3S. The molecule has 4 unspecified atom stereocenters. The smallest absolute Gasteiger partial charge is 0.280 e. The number of nitriles is 1. The van der Waals surface area contributed by atoms with Gasteiger partial charge in [-0.2, -0.15) is 27.8 Å². The van der Waals surface area contributed by atoms with Crippen LogP contribution in [0.4, 0.5) is 5.82 Å². The molecule has 42 heavy (non-hydrogen) atoms. The normalized spacial score (nSPS) is 26.0. The Hall–Kier alpha value is -3.28. The molecule has 5 fully saturated rings. The number of ether oxygens (including phenoxy) is 1. The summed E-state index contributed by atoms with van der Waals surface area (Å²) in [6.07, 6.45) is 7.34. The summed E-state index contributed by atoms with van der Waals surface area (Å²) in [5, 5.41) is 17.6. The van der Waals surface area contributed by atoms with Crippen LogP contribution in [0.25, 0.3) is 16.6 Å². The van der Waals surface area contributed by atoms with Crippen LogP contribution in [0.15, 0.2) is 36.8 Å². The van der Waals surface area contributed by atoms with E-state index in [2.05, 4.69) is 31.0 Å². The summed E-state index contributed by atoms with van der Waals surface area (Å²) in [4.78, 5) is 9.44. The van der Waals surface area contributed by atoms with Gasteiger partial charge in [-0.15, -0.1) is 0 Å². The zero-order valence-corrected chi connectivity index (χ0v) is 25.0. The molecule has 5 aliphatic heterocycles. The molecule has 12 nitrogen and oxygen atoms in total. The quantitative estimate of drug-likeness (QED) is 0.401. The Labute approximate surface area is 246 Å². The highest BCUT2D eigenvalue weighted by Crippen LogP contribution is 2.37. The van der Waals surface area contributed by atoms with Gasteiger partial charge in [0, 0.05) is 79.8 Å². The lowest BCUT2D eigenvalue weighted by Crippen LogP contribution is -2.72. The lowest BCUT2D eigenvalue weighted by Gasteiger charge is -2.55. The summed E-state index contributed by atoms with van der Waals surface area (Å²) in [5.41, 5.74) is 2.37. The predicted molar refractivity (Wildman–Crippen MR) is 158 cm³/mol. The molecule has 4 atom stereocenters. The van der Waals surface area contributed by atoms with E-state index in [0.29, 0.717) is 48.6 Å². The van der Waals surface area contributed by atoms with Crippen LogP contribution < -0.4 is 19.7 Å². The average Bonchev–Trinajstić information content (AvgIpc) is 3.37. The summed E-state index contributed by atoms with van der Waals surface area (Å²) in [6, 6.07) is 9.26. The van der Waals surface area contributed by atoms with Gasteiger partial charge in [0.2, 0.25) is 0 Å². The summed E-state index contributed by atoms with van der Waals surface area (Å²) >= 11 is 0. The molecule has 3 aromatic rings. The van der Waals surface area contributed by atoms with Gasteiger partial charge >= 0.3 is 0 Å².